The molecule has 1 aromatic rings. The lowest BCUT2D eigenvalue weighted by molar-refractivity contribution is -0.0468. The van der Waals surface area contributed by atoms with Gasteiger partial charge in [0.1, 0.15) is 5.75 Å². The van der Waals surface area contributed by atoms with Crippen molar-refractivity contribution >= 4 is 11.8 Å². The van der Waals surface area contributed by atoms with E-state index in [4.69, 9.17) is 15.2 Å². The van der Waals surface area contributed by atoms with Crippen LogP contribution in [0.4, 0.5) is 10.5 Å². The first-order valence-electron chi connectivity index (χ1n) is 7.33. The zero-order valence-corrected chi connectivity index (χ0v) is 12.0. The predicted octanol–water partition coefficient (Wildman–Crippen LogP) is 0.913. The first-order valence-corrected chi connectivity index (χ1v) is 7.33. The van der Waals surface area contributed by atoms with Crippen LogP contribution >= 0.6 is 0 Å². The number of carbonyl (C=O) groups is 1. The molecule has 2 heterocycles. The number of rotatable bonds is 4. The molecule has 0 unspecified atom stereocenters. The van der Waals surface area contributed by atoms with Gasteiger partial charge in [0.05, 0.1) is 13.2 Å². The number of hydrogen-bond donors (Lipinski definition) is 1. The number of nitrogens with two attached hydrogens (primary N) is 1. The van der Waals surface area contributed by atoms with Crippen LogP contribution in [0.15, 0.2) is 24.3 Å². The van der Waals surface area contributed by atoms with Gasteiger partial charge < -0.3 is 20.1 Å². The van der Waals surface area contributed by atoms with Gasteiger partial charge in [0.15, 0.2) is 0 Å². The largest absolute Gasteiger partial charge is 0.411 e. The summed E-state index contributed by atoms with van der Waals surface area (Å²) in [4.78, 5) is 15.5. The Bertz CT molecular complexity index is 479. The molecule has 2 N–H and O–H groups in total. The van der Waals surface area contributed by atoms with Gasteiger partial charge in [0.2, 0.25) is 0 Å². The summed E-state index contributed by atoms with van der Waals surface area (Å²) in [6.45, 7) is 7.18. The molecule has 0 spiro atoms. The number of piperazine rings is 1. The Morgan fingerprint density at radius 1 is 1.19 bits per heavy atom. The van der Waals surface area contributed by atoms with Gasteiger partial charge >= 0.3 is 6.09 Å². The molecule has 6 nitrogen and oxygen atoms in total. The molecule has 6 heteroatoms. The zero-order valence-electron chi connectivity index (χ0n) is 12.0. The highest BCUT2D eigenvalue weighted by atomic mass is 16.5. The van der Waals surface area contributed by atoms with Crippen LogP contribution in [0.5, 0.6) is 5.75 Å². The fourth-order valence-corrected chi connectivity index (χ4v) is 2.78. The molecule has 1 amide bonds. The molecular formula is C15H21N3O3. The van der Waals surface area contributed by atoms with Gasteiger partial charge in [-0.05, 0) is 24.3 Å². The monoisotopic (exact) mass is 291 g/mol. The molecule has 2 saturated heterocycles. The van der Waals surface area contributed by atoms with Crippen molar-refractivity contribution in [2.45, 2.75) is 0 Å². The Labute approximate surface area is 124 Å². The van der Waals surface area contributed by atoms with Crippen LogP contribution in [0.3, 0.4) is 0 Å². The highest BCUT2D eigenvalue weighted by Crippen LogP contribution is 2.21. The third-order valence-electron chi connectivity index (χ3n) is 4.02. The SMILES string of the molecule is NC(=O)Oc1ccc(N2CCN(CC3COC3)CC2)cc1. The zero-order chi connectivity index (χ0) is 14.7. The van der Waals surface area contributed by atoms with Crippen LogP contribution in [0.1, 0.15) is 0 Å². The Hall–Kier alpha value is -1.79. The third-order valence-corrected chi connectivity index (χ3v) is 4.02. The minimum Gasteiger partial charge on any atom is -0.411 e. The summed E-state index contributed by atoms with van der Waals surface area (Å²) < 4.78 is 10.1. The molecule has 2 fully saturated rings. The number of amides is 1. The molecule has 1 aromatic carbocycles. The molecule has 2 aliphatic heterocycles. The number of nitrogens with zero attached hydrogens (tertiary/aromatic N) is 2. The van der Waals surface area contributed by atoms with Gasteiger partial charge in [-0.25, -0.2) is 4.79 Å². The first-order chi connectivity index (χ1) is 10.2. The van der Waals surface area contributed by atoms with E-state index in [0.29, 0.717) is 5.75 Å². The van der Waals surface area contributed by atoms with E-state index in [1.54, 1.807) is 12.1 Å². The molecule has 21 heavy (non-hydrogen) atoms. The van der Waals surface area contributed by atoms with Gasteiger partial charge in [0.25, 0.3) is 0 Å². The maximum atomic E-state index is 10.7. The lowest BCUT2D eigenvalue weighted by Crippen LogP contribution is -2.50. The maximum absolute atomic E-state index is 10.7. The third kappa shape index (κ3) is 3.65. The molecule has 2 aliphatic rings. The van der Waals surface area contributed by atoms with E-state index >= 15 is 0 Å². The average Bonchev–Trinajstić information content (AvgIpc) is 2.44. The number of benzene rings is 1. The van der Waals surface area contributed by atoms with Crippen molar-refractivity contribution in [1.29, 1.82) is 0 Å². The minimum absolute atomic E-state index is 0.481. The molecular weight excluding hydrogens is 270 g/mol. The van der Waals surface area contributed by atoms with E-state index < -0.39 is 6.09 Å². The number of primary amides is 1. The summed E-state index contributed by atoms with van der Waals surface area (Å²) in [5, 5.41) is 0. The van der Waals surface area contributed by atoms with Gasteiger partial charge in [-0.15, -0.1) is 0 Å². The van der Waals surface area contributed by atoms with Gasteiger partial charge in [-0.2, -0.15) is 0 Å². The van der Waals surface area contributed by atoms with Crippen LogP contribution < -0.4 is 15.4 Å². The highest BCUT2D eigenvalue weighted by molar-refractivity contribution is 5.68. The predicted molar refractivity (Wildman–Crippen MR) is 79.6 cm³/mol. The summed E-state index contributed by atoms with van der Waals surface area (Å²) in [6.07, 6.45) is -0.781. The Morgan fingerprint density at radius 3 is 2.38 bits per heavy atom. The molecule has 0 radical (unpaired) electrons. The highest BCUT2D eigenvalue weighted by Gasteiger charge is 2.24. The topological polar surface area (TPSA) is 68.0 Å². The first kappa shape index (κ1) is 14.2. The van der Waals surface area contributed by atoms with E-state index in [2.05, 4.69) is 9.80 Å². The summed E-state index contributed by atoms with van der Waals surface area (Å²) >= 11 is 0. The second-order valence-electron chi connectivity index (χ2n) is 5.61. The van der Waals surface area contributed by atoms with E-state index in [9.17, 15) is 4.79 Å². The fraction of sp³-hybridized carbons (Fsp3) is 0.533. The van der Waals surface area contributed by atoms with Gasteiger partial charge in [-0.3, -0.25) is 4.90 Å². The average molecular weight is 291 g/mol. The van der Waals surface area contributed by atoms with Crippen molar-refractivity contribution in [3.05, 3.63) is 24.3 Å². The van der Waals surface area contributed by atoms with Crippen molar-refractivity contribution < 1.29 is 14.3 Å². The van der Waals surface area contributed by atoms with E-state index in [0.717, 1.165) is 57.5 Å². The van der Waals surface area contributed by atoms with Crippen molar-refractivity contribution in [2.75, 3.05) is 50.8 Å². The quantitative estimate of drug-likeness (QED) is 0.893. The Balaban J connectivity index is 1.50. The number of hydrogen-bond acceptors (Lipinski definition) is 5. The van der Waals surface area contributed by atoms with Crippen LogP contribution in [-0.2, 0) is 4.74 Å². The normalized spacial score (nSPS) is 20.1. The Kier molecular flexibility index (Phi) is 4.26. The van der Waals surface area contributed by atoms with E-state index in [1.807, 2.05) is 12.1 Å². The molecule has 114 valence electrons. The minimum atomic E-state index is -0.781. The standard InChI is InChI=1S/C15H21N3O3/c16-15(19)21-14-3-1-13(2-4-14)18-7-5-17(6-8-18)9-12-10-20-11-12/h1-4,12H,5-11H2,(H2,16,19). The number of carbonyl (C=O) groups excluding carboxylic acids is 1. The van der Waals surface area contributed by atoms with E-state index in [1.165, 1.54) is 0 Å². The number of anilines is 1. The van der Waals surface area contributed by atoms with E-state index in [-0.39, 0.29) is 0 Å². The van der Waals surface area contributed by atoms with Gasteiger partial charge in [0, 0.05) is 44.3 Å². The molecule has 0 bridgehead atoms. The maximum Gasteiger partial charge on any atom is 0.409 e. The van der Waals surface area contributed by atoms with Crippen LogP contribution in [0, 0.1) is 5.92 Å². The lowest BCUT2D eigenvalue weighted by Gasteiger charge is -2.39. The molecule has 0 aliphatic carbocycles. The van der Waals surface area contributed by atoms with Crippen LogP contribution in [0.2, 0.25) is 0 Å². The molecule has 0 saturated carbocycles. The molecule has 0 atom stereocenters. The van der Waals surface area contributed by atoms with Gasteiger partial charge in [-0.1, -0.05) is 0 Å². The summed E-state index contributed by atoms with van der Waals surface area (Å²) in [5.74, 6) is 1.21. The molecule has 0 aromatic heterocycles. The summed E-state index contributed by atoms with van der Waals surface area (Å²) in [6, 6.07) is 7.48. The van der Waals surface area contributed by atoms with Crippen LogP contribution in [-0.4, -0.2) is 56.9 Å². The van der Waals surface area contributed by atoms with Crippen LogP contribution in [0.25, 0.3) is 0 Å². The van der Waals surface area contributed by atoms with Crippen molar-refractivity contribution in [2.24, 2.45) is 11.7 Å². The second kappa shape index (κ2) is 6.32. The van der Waals surface area contributed by atoms with Crippen molar-refractivity contribution in [3.8, 4) is 5.75 Å². The van der Waals surface area contributed by atoms with Crippen molar-refractivity contribution in [1.82, 2.24) is 4.90 Å². The summed E-state index contributed by atoms with van der Waals surface area (Å²) in [7, 11) is 0. The number of ether oxygens (including phenoxy) is 2. The fourth-order valence-electron chi connectivity index (χ4n) is 2.78. The van der Waals surface area contributed by atoms with Crippen molar-refractivity contribution in [3.63, 3.8) is 0 Å². The molecule has 3 rings (SSSR count). The lowest BCUT2D eigenvalue weighted by atomic mass is 10.1. The smallest absolute Gasteiger partial charge is 0.409 e. The summed E-state index contributed by atoms with van der Waals surface area (Å²) in [5.41, 5.74) is 6.14. The Morgan fingerprint density at radius 2 is 1.86 bits per heavy atom. The second-order valence-corrected chi connectivity index (χ2v) is 5.61.